The summed E-state index contributed by atoms with van der Waals surface area (Å²) in [7, 11) is -1.68. The lowest BCUT2D eigenvalue weighted by Crippen LogP contribution is -2.43. The van der Waals surface area contributed by atoms with Gasteiger partial charge in [-0.15, -0.1) is 0 Å². The number of nitrogens with zero attached hydrogens (tertiary/aromatic N) is 4. The van der Waals surface area contributed by atoms with Crippen LogP contribution in [0.25, 0.3) is 0 Å². The minimum absolute atomic E-state index is 0.0499. The lowest BCUT2D eigenvalue weighted by atomic mass is 9.81. The normalized spacial score (nSPS) is 26.8. The summed E-state index contributed by atoms with van der Waals surface area (Å²) in [5.41, 5.74) is 0.158. The quantitative estimate of drug-likeness (QED) is 0.662. The number of carbonyl (C=O) groups is 2. The first-order valence-corrected chi connectivity index (χ1v) is 10.1. The van der Waals surface area contributed by atoms with Gasteiger partial charge in [0.15, 0.2) is 0 Å². The number of amides is 1. The van der Waals surface area contributed by atoms with Crippen molar-refractivity contribution in [2.75, 3.05) is 44.3 Å². The third kappa shape index (κ3) is 3.33. The van der Waals surface area contributed by atoms with E-state index in [2.05, 4.69) is 10.4 Å². The van der Waals surface area contributed by atoms with Crippen molar-refractivity contribution in [3.8, 4) is 0 Å². The van der Waals surface area contributed by atoms with Gasteiger partial charge in [0, 0.05) is 45.3 Å². The minimum atomic E-state index is -3.44. The molecule has 3 rings (SSSR count). The van der Waals surface area contributed by atoms with Crippen molar-refractivity contribution >= 4 is 27.6 Å². The molecule has 144 valence electrons. The fourth-order valence-corrected chi connectivity index (χ4v) is 4.83. The molecular weight excluding hydrogens is 362 g/mol. The predicted molar refractivity (Wildman–Crippen MR) is 93.0 cm³/mol. The van der Waals surface area contributed by atoms with Gasteiger partial charge in [0.25, 0.3) is 0 Å². The van der Waals surface area contributed by atoms with E-state index in [0.29, 0.717) is 17.9 Å². The van der Waals surface area contributed by atoms with Gasteiger partial charge in [-0.3, -0.25) is 19.2 Å². The van der Waals surface area contributed by atoms with Gasteiger partial charge in [-0.25, -0.2) is 12.7 Å². The molecule has 2 fully saturated rings. The fraction of sp³-hybridized carbons (Fsp3) is 0.667. The number of nitrogens with one attached hydrogen (secondary N) is 1. The Bertz CT molecular complexity index is 851. The van der Waals surface area contributed by atoms with Crippen LogP contribution in [0.5, 0.6) is 0 Å². The second-order valence-corrected chi connectivity index (χ2v) is 9.22. The van der Waals surface area contributed by atoms with E-state index in [1.54, 1.807) is 29.7 Å². The molecule has 0 saturated carbocycles. The van der Waals surface area contributed by atoms with Gasteiger partial charge in [0.05, 0.1) is 29.6 Å². The van der Waals surface area contributed by atoms with Crippen molar-refractivity contribution in [1.82, 2.24) is 19.0 Å². The molecule has 3 heterocycles. The van der Waals surface area contributed by atoms with Crippen LogP contribution in [0.1, 0.15) is 5.69 Å². The summed E-state index contributed by atoms with van der Waals surface area (Å²) < 4.78 is 26.4. The van der Waals surface area contributed by atoms with E-state index < -0.39 is 21.4 Å². The van der Waals surface area contributed by atoms with Crippen LogP contribution in [0, 0.1) is 18.3 Å². The smallest absolute Gasteiger partial charge is 0.312 e. The van der Waals surface area contributed by atoms with Crippen molar-refractivity contribution in [3.63, 3.8) is 0 Å². The number of sulfonamides is 1. The molecule has 0 radical (unpaired) electrons. The Morgan fingerprint density at radius 2 is 2.08 bits per heavy atom. The average Bonchev–Trinajstić information content (AvgIpc) is 3.09. The summed E-state index contributed by atoms with van der Waals surface area (Å²) in [6, 6.07) is 0. The Kier molecular flexibility index (Phi) is 4.57. The Labute approximate surface area is 151 Å². The SMILES string of the molecule is Cc1nn(C)cc1NC(=O)CN1C[C@H]2CN(S(C)(=O)=O)C[C@@]2(C(=O)O)C1. The van der Waals surface area contributed by atoms with E-state index in [1.807, 2.05) is 0 Å². The number of aryl methyl sites for hydroxylation is 2. The molecule has 1 amide bonds. The van der Waals surface area contributed by atoms with Crippen LogP contribution in [0.3, 0.4) is 0 Å². The predicted octanol–water partition coefficient (Wildman–Crippen LogP) is -1.05. The highest BCUT2D eigenvalue weighted by atomic mass is 32.2. The topological polar surface area (TPSA) is 125 Å². The first kappa shape index (κ1) is 18.8. The molecule has 2 aliphatic heterocycles. The van der Waals surface area contributed by atoms with Crippen molar-refractivity contribution in [2.45, 2.75) is 6.92 Å². The molecule has 2 atom stereocenters. The van der Waals surface area contributed by atoms with E-state index in [0.717, 1.165) is 6.26 Å². The summed E-state index contributed by atoms with van der Waals surface area (Å²) >= 11 is 0. The summed E-state index contributed by atoms with van der Waals surface area (Å²) in [5.74, 6) is -1.59. The zero-order valence-corrected chi connectivity index (χ0v) is 15.8. The lowest BCUT2D eigenvalue weighted by molar-refractivity contribution is -0.148. The van der Waals surface area contributed by atoms with Crippen LogP contribution in [0.4, 0.5) is 5.69 Å². The molecule has 0 bridgehead atoms. The largest absolute Gasteiger partial charge is 0.481 e. The summed E-state index contributed by atoms with van der Waals surface area (Å²) in [4.78, 5) is 26.0. The third-order valence-corrected chi connectivity index (χ3v) is 6.41. The maximum absolute atomic E-state index is 12.3. The number of likely N-dealkylation sites (tertiary alicyclic amines) is 1. The standard InChI is InChI=1S/C15H23N5O5S/c1-10-12(6-18(2)17-10)16-13(21)7-19-4-11-5-20(26(3,24)25)9-15(11,8-19)14(22)23/h6,11H,4-5,7-9H2,1-3H3,(H,16,21)(H,22,23)/t11-,15-/m0/s1. The number of carboxylic acids is 1. The van der Waals surface area contributed by atoms with Gasteiger partial charge in [-0.1, -0.05) is 0 Å². The lowest BCUT2D eigenvalue weighted by Gasteiger charge is -2.24. The highest BCUT2D eigenvalue weighted by molar-refractivity contribution is 7.88. The molecule has 10 nitrogen and oxygen atoms in total. The van der Waals surface area contributed by atoms with Crippen LogP contribution in [-0.4, -0.2) is 83.4 Å². The van der Waals surface area contributed by atoms with Gasteiger partial charge in [0.2, 0.25) is 15.9 Å². The molecule has 2 saturated heterocycles. The van der Waals surface area contributed by atoms with E-state index >= 15 is 0 Å². The van der Waals surface area contributed by atoms with Crippen LogP contribution in [0.2, 0.25) is 0 Å². The number of carbonyl (C=O) groups excluding carboxylic acids is 1. The van der Waals surface area contributed by atoms with E-state index in [-0.39, 0.29) is 38.0 Å². The number of anilines is 1. The second-order valence-electron chi connectivity index (χ2n) is 7.23. The van der Waals surface area contributed by atoms with Crippen molar-refractivity contribution in [2.24, 2.45) is 18.4 Å². The van der Waals surface area contributed by atoms with Crippen LogP contribution < -0.4 is 5.32 Å². The molecule has 2 aliphatic rings. The van der Waals surface area contributed by atoms with Gasteiger partial charge < -0.3 is 10.4 Å². The highest BCUT2D eigenvalue weighted by Crippen LogP contribution is 2.43. The number of aliphatic carboxylic acids is 1. The van der Waals surface area contributed by atoms with Crippen molar-refractivity contribution in [1.29, 1.82) is 0 Å². The summed E-state index contributed by atoms with van der Waals surface area (Å²) in [5, 5.41) is 16.7. The van der Waals surface area contributed by atoms with E-state index in [9.17, 15) is 23.1 Å². The fourth-order valence-electron chi connectivity index (χ4n) is 3.91. The number of rotatable bonds is 5. The molecule has 26 heavy (non-hydrogen) atoms. The first-order valence-electron chi connectivity index (χ1n) is 8.22. The molecule has 1 aromatic heterocycles. The number of hydrogen-bond donors (Lipinski definition) is 2. The van der Waals surface area contributed by atoms with Gasteiger partial charge in [0.1, 0.15) is 0 Å². The Hall–Kier alpha value is -1.98. The van der Waals surface area contributed by atoms with Crippen molar-refractivity contribution < 1.29 is 23.1 Å². The third-order valence-electron chi connectivity index (χ3n) is 5.20. The average molecular weight is 385 g/mol. The van der Waals surface area contributed by atoms with Gasteiger partial charge in [-0.05, 0) is 6.92 Å². The first-order chi connectivity index (χ1) is 12.0. The monoisotopic (exact) mass is 385 g/mol. The Balaban J connectivity index is 1.67. The minimum Gasteiger partial charge on any atom is -0.481 e. The van der Waals surface area contributed by atoms with E-state index in [4.69, 9.17) is 0 Å². The zero-order valence-electron chi connectivity index (χ0n) is 15.0. The Morgan fingerprint density at radius 3 is 2.58 bits per heavy atom. The molecule has 0 unspecified atom stereocenters. The van der Waals surface area contributed by atoms with Gasteiger partial charge in [-0.2, -0.15) is 5.10 Å². The highest BCUT2D eigenvalue weighted by Gasteiger charge is 2.59. The molecule has 11 heteroatoms. The number of fused-ring (bicyclic) bond motifs is 1. The van der Waals surface area contributed by atoms with Gasteiger partial charge >= 0.3 is 5.97 Å². The molecule has 2 N–H and O–H groups in total. The Morgan fingerprint density at radius 1 is 1.38 bits per heavy atom. The number of carboxylic acid groups (broad SMARTS) is 1. The second kappa shape index (κ2) is 6.32. The number of aromatic nitrogens is 2. The van der Waals surface area contributed by atoms with Crippen LogP contribution >= 0.6 is 0 Å². The van der Waals surface area contributed by atoms with Crippen molar-refractivity contribution in [3.05, 3.63) is 11.9 Å². The molecule has 0 spiro atoms. The molecule has 0 aromatic carbocycles. The summed E-state index contributed by atoms with van der Waals surface area (Å²) in [6.07, 6.45) is 2.79. The molecular formula is C15H23N5O5S. The van der Waals surface area contributed by atoms with Crippen LogP contribution in [0.15, 0.2) is 6.20 Å². The maximum atomic E-state index is 12.3. The molecule has 0 aliphatic carbocycles. The molecule has 1 aromatic rings. The summed E-state index contributed by atoms with van der Waals surface area (Å²) in [6.45, 7) is 2.49. The number of hydrogen-bond acceptors (Lipinski definition) is 6. The van der Waals surface area contributed by atoms with Crippen LogP contribution in [-0.2, 0) is 26.7 Å². The van der Waals surface area contributed by atoms with E-state index in [1.165, 1.54) is 4.31 Å². The zero-order chi connectivity index (χ0) is 19.3. The maximum Gasteiger partial charge on any atom is 0.312 e.